The Kier molecular flexibility index (Phi) is 2.17. The van der Waals surface area contributed by atoms with Crippen LogP contribution in [0.2, 0.25) is 0 Å². The van der Waals surface area contributed by atoms with Crippen molar-refractivity contribution < 1.29 is 0 Å². The molecule has 0 amide bonds. The van der Waals surface area contributed by atoms with Gasteiger partial charge in [0, 0.05) is 30.7 Å². The Morgan fingerprint density at radius 2 is 2.13 bits per heavy atom. The van der Waals surface area contributed by atoms with Crippen molar-refractivity contribution in [2.75, 3.05) is 18.0 Å². The van der Waals surface area contributed by atoms with Crippen LogP contribution in [0.4, 0.5) is 5.69 Å². The Hall–Kier alpha value is -1.02. The molecular weight excluding hydrogens is 184 g/mol. The number of anilines is 1. The van der Waals surface area contributed by atoms with Crippen LogP contribution in [0, 0.1) is 0 Å². The molecule has 2 nitrogen and oxygen atoms in total. The third-order valence-corrected chi connectivity index (χ3v) is 3.90. The number of benzene rings is 1. The molecule has 0 radical (unpaired) electrons. The first-order valence-corrected chi connectivity index (χ1v) is 5.97. The van der Waals surface area contributed by atoms with E-state index in [1.54, 1.807) is 5.56 Å². The number of para-hydroxylation sites is 1. The van der Waals surface area contributed by atoms with Gasteiger partial charge in [-0.2, -0.15) is 0 Å². The molecule has 0 bridgehead atoms. The van der Waals surface area contributed by atoms with E-state index in [-0.39, 0.29) is 0 Å². The molecule has 1 aliphatic carbocycles. The van der Waals surface area contributed by atoms with Crippen molar-refractivity contribution in [3.63, 3.8) is 0 Å². The topological polar surface area (TPSA) is 29.3 Å². The minimum absolute atomic E-state index is 0.742. The lowest BCUT2D eigenvalue weighted by Gasteiger charge is -2.26. The summed E-state index contributed by atoms with van der Waals surface area (Å²) in [5.74, 6) is 0.785. The average molecular weight is 202 g/mol. The lowest BCUT2D eigenvalue weighted by atomic mass is 9.98. The molecule has 0 spiro atoms. The standard InChI is InChI=1S/C13H18N2/c14-8-9-15-12-6-2-1-4-10(12)11-5-3-7-13(11)15/h1-2,4,6,11,13H,3,5,7-9,14H2/t11-,13+/m0/s1. The fourth-order valence-electron chi connectivity index (χ4n) is 3.34. The van der Waals surface area contributed by atoms with E-state index in [2.05, 4.69) is 29.2 Å². The van der Waals surface area contributed by atoms with Gasteiger partial charge < -0.3 is 10.6 Å². The van der Waals surface area contributed by atoms with Crippen LogP contribution in [-0.4, -0.2) is 19.1 Å². The van der Waals surface area contributed by atoms with Crippen molar-refractivity contribution in [1.29, 1.82) is 0 Å². The van der Waals surface area contributed by atoms with E-state index in [9.17, 15) is 0 Å². The number of rotatable bonds is 2. The summed E-state index contributed by atoms with van der Waals surface area (Å²) in [4.78, 5) is 2.53. The Bertz CT molecular complexity index is 361. The van der Waals surface area contributed by atoms with Gasteiger partial charge in [0.15, 0.2) is 0 Å². The summed E-state index contributed by atoms with van der Waals surface area (Å²) in [6.45, 7) is 1.77. The third kappa shape index (κ3) is 1.28. The molecule has 2 heteroatoms. The summed E-state index contributed by atoms with van der Waals surface area (Å²) >= 11 is 0. The van der Waals surface area contributed by atoms with Crippen molar-refractivity contribution in [2.45, 2.75) is 31.2 Å². The molecule has 0 saturated heterocycles. The molecule has 1 heterocycles. The smallest absolute Gasteiger partial charge is 0.0405 e. The van der Waals surface area contributed by atoms with Crippen molar-refractivity contribution in [3.05, 3.63) is 29.8 Å². The zero-order chi connectivity index (χ0) is 10.3. The maximum absolute atomic E-state index is 5.71. The average Bonchev–Trinajstić information content (AvgIpc) is 2.82. The predicted octanol–water partition coefficient (Wildman–Crippen LogP) is 2.10. The molecule has 2 aliphatic rings. The molecule has 2 atom stereocenters. The molecule has 2 N–H and O–H groups in total. The van der Waals surface area contributed by atoms with E-state index in [0.29, 0.717) is 0 Å². The first-order valence-electron chi connectivity index (χ1n) is 5.97. The van der Waals surface area contributed by atoms with E-state index in [1.165, 1.54) is 24.9 Å². The number of nitrogens with zero attached hydrogens (tertiary/aromatic N) is 1. The SMILES string of the molecule is NCCN1c2ccccc2[C@@H]2CCC[C@H]21. The highest BCUT2D eigenvalue weighted by Gasteiger charge is 2.40. The highest BCUT2D eigenvalue weighted by atomic mass is 15.2. The van der Waals surface area contributed by atoms with E-state index < -0.39 is 0 Å². The van der Waals surface area contributed by atoms with Gasteiger partial charge in [-0.1, -0.05) is 24.6 Å². The zero-order valence-corrected chi connectivity index (χ0v) is 9.02. The van der Waals surface area contributed by atoms with Crippen LogP contribution in [0.25, 0.3) is 0 Å². The van der Waals surface area contributed by atoms with Crippen LogP contribution in [-0.2, 0) is 0 Å². The Balaban J connectivity index is 2.02. The first kappa shape index (κ1) is 9.22. The van der Waals surface area contributed by atoms with Crippen LogP contribution in [0.3, 0.4) is 0 Å². The Morgan fingerprint density at radius 1 is 1.27 bits per heavy atom. The maximum Gasteiger partial charge on any atom is 0.0405 e. The summed E-state index contributed by atoms with van der Waals surface area (Å²) in [7, 11) is 0. The first-order chi connectivity index (χ1) is 7.42. The number of fused-ring (bicyclic) bond motifs is 3. The summed E-state index contributed by atoms with van der Waals surface area (Å²) in [6.07, 6.45) is 4.09. The normalized spacial score (nSPS) is 27.9. The van der Waals surface area contributed by atoms with E-state index in [0.717, 1.165) is 25.0 Å². The molecule has 80 valence electrons. The van der Waals surface area contributed by atoms with Crippen LogP contribution >= 0.6 is 0 Å². The van der Waals surface area contributed by atoms with Crippen molar-refractivity contribution in [3.8, 4) is 0 Å². The monoisotopic (exact) mass is 202 g/mol. The minimum atomic E-state index is 0.742. The highest BCUT2D eigenvalue weighted by molar-refractivity contribution is 5.62. The minimum Gasteiger partial charge on any atom is -0.366 e. The van der Waals surface area contributed by atoms with Crippen LogP contribution in [0.15, 0.2) is 24.3 Å². The number of hydrogen-bond donors (Lipinski definition) is 1. The van der Waals surface area contributed by atoms with Crippen molar-refractivity contribution in [1.82, 2.24) is 0 Å². The van der Waals surface area contributed by atoms with Crippen LogP contribution in [0.5, 0.6) is 0 Å². The zero-order valence-electron chi connectivity index (χ0n) is 9.02. The third-order valence-electron chi connectivity index (χ3n) is 3.90. The van der Waals surface area contributed by atoms with Gasteiger partial charge in [0.25, 0.3) is 0 Å². The van der Waals surface area contributed by atoms with Gasteiger partial charge >= 0.3 is 0 Å². The Morgan fingerprint density at radius 3 is 3.00 bits per heavy atom. The van der Waals surface area contributed by atoms with E-state index >= 15 is 0 Å². The molecule has 0 unspecified atom stereocenters. The van der Waals surface area contributed by atoms with Crippen LogP contribution in [0.1, 0.15) is 30.7 Å². The van der Waals surface area contributed by atoms with Gasteiger partial charge in [-0.05, 0) is 24.5 Å². The second-order valence-electron chi connectivity index (χ2n) is 4.65. The van der Waals surface area contributed by atoms with E-state index in [4.69, 9.17) is 5.73 Å². The van der Waals surface area contributed by atoms with Crippen molar-refractivity contribution in [2.24, 2.45) is 5.73 Å². The summed E-state index contributed by atoms with van der Waals surface area (Å²) in [6, 6.07) is 9.60. The molecule has 1 aliphatic heterocycles. The van der Waals surface area contributed by atoms with Gasteiger partial charge in [0.2, 0.25) is 0 Å². The van der Waals surface area contributed by atoms with Gasteiger partial charge in [-0.25, -0.2) is 0 Å². The predicted molar refractivity (Wildman–Crippen MR) is 63.2 cm³/mol. The summed E-state index contributed by atoms with van der Waals surface area (Å²) in [5.41, 5.74) is 8.71. The lowest BCUT2D eigenvalue weighted by Crippen LogP contribution is -2.35. The fourth-order valence-corrected chi connectivity index (χ4v) is 3.34. The Labute approximate surface area is 91.1 Å². The lowest BCUT2D eigenvalue weighted by molar-refractivity contribution is 0.592. The second kappa shape index (κ2) is 3.53. The fraction of sp³-hybridized carbons (Fsp3) is 0.538. The molecule has 0 aromatic heterocycles. The van der Waals surface area contributed by atoms with Gasteiger partial charge in [-0.15, -0.1) is 0 Å². The molecule has 1 fully saturated rings. The number of nitrogens with two attached hydrogens (primary N) is 1. The maximum atomic E-state index is 5.71. The number of hydrogen-bond acceptors (Lipinski definition) is 2. The largest absolute Gasteiger partial charge is 0.366 e. The highest BCUT2D eigenvalue weighted by Crippen LogP contribution is 2.48. The molecule has 15 heavy (non-hydrogen) atoms. The molecule has 1 aromatic rings. The quantitative estimate of drug-likeness (QED) is 0.795. The van der Waals surface area contributed by atoms with Crippen LogP contribution < -0.4 is 10.6 Å². The van der Waals surface area contributed by atoms with Gasteiger partial charge in [0.1, 0.15) is 0 Å². The molecule has 1 saturated carbocycles. The molecule has 3 rings (SSSR count). The molecule has 1 aromatic carbocycles. The summed E-state index contributed by atoms with van der Waals surface area (Å²) < 4.78 is 0. The van der Waals surface area contributed by atoms with E-state index in [1.807, 2.05) is 0 Å². The summed E-state index contributed by atoms with van der Waals surface area (Å²) in [5, 5.41) is 0. The van der Waals surface area contributed by atoms with Crippen molar-refractivity contribution >= 4 is 5.69 Å². The van der Waals surface area contributed by atoms with Gasteiger partial charge in [0.05, 0.1) is 0 Å². The molecular formula is C13H18N2. The van der Waals surface area contributed by atoms with Gasteiger partial charge in [-0.3, -0.25) is 0 Å². The second-order valence-corrected chi connectivity index (χ2v) is 4.65.